The van der Waals surface area contributed by atoms with Crippen LogP contribution in [0.4, 0.5) is 5.69 Å². The second-order valence-corrected chi connectivity index (χ2v) is 7.25. The summed E-state index contributed by atoms with van der Waals surface area (Å²) in [5.41, 5.74) is 0.911. The van der Waals surface area contributed by atoms with Crippen molar-refractivity contribution in [3.63, 3.8) is 0 Å². The average molecular weight is 426 g/mol. The van der Waals surface area contributed by atoms with Gasteiger partial charge in [-0.05, 0) is 30.5 Å². The van der Waals surface area contributed by atoms with Crippen LogP contribution in [0.15, 0.2) is 36.4 Å². The Kier molecular flexibility index (Phi) is 6.48. The molecule has 3 rings (SSSR count). The monoisotopic (exact) mass is 426 g/mol. The number of carbonyl (C=O) groups excluding carboxylic acids is 3. The van der Waals surface area contributed by atoms with Gasteiger partial charge in [0, 0.05) is 24.2 Å². The number of nitrogens with one attached hydrogen (secondary N) is 2. The summed E-state index contributed by atoms with van der Waals surface area (Å²) in [6.07, 6.45) is 1.33. The number of amides is 3. The van der Waals surface area contributed by atoms with Gasteiger partial charge >= 0.3 is 0 Å². The normalized spacial score (nSPS) is 18.2. The van der Waals surface area contributed by atoms with Crippen molar-refractivity contribution in [3.8, 4) is 17.2 Å². The second-order valence-electron chi connectivity index (χ2n) is 7.25. The first-order valence-corrected chi connectivity index (χ1v) is 9.94. The SMILES string of the molecule is CCC1(c2ccc(NC(=O)c3cc(OC)c(OC)cc3OC)cc2)CCC(=O)NC1=O. The maximum absolute atomic E-state index is 12.9. The number of benzene rings is 2. The third-order valence-electron chi connectivity index (χ3n) is 5.72. The molecule has 8 nitrogen and oxygen atoms in total. The molecule has 1 heterocycles. The predicted molar refractivity (Wildman–Crippen MR) is 115 cm³/mol. The number of carbonyl (C=O) groups is 3. The summed E-state index contributed by atoms with van der Waals surface area (Å²) in [7, 11) is 4.46. The van der Waals surface area contributed by atoms with Crippen LogP contribution in [0, 0.1) is 0 Å². The van der Waals surface area contributed by atoms with Crippen molar-refractivity contribution in [2.45, 2.75) is 31.6 Å². The van der Waals surface area contributed by atoms with E-state index in [9.17, 15) is 14.4 Å². The zero-order valence-electron chi connectivity index (χ0n) is 18.0. The maximum Gasteiger partial charge on any atom is 0.259 e. The highest BCUT2D eigenvalue weighted by atomic mass is 16.5. The second kappa shape index (κ2) is 9.07. The molecule has 0 aliphatic carbocycles. The van der Waals surface area contributed by atoms with Crippen molar-refractivity contribution in [2.24, 2.45) is 0 Å². The van der Waals surface area contributed by atoms with Crippen LogP contribution in [0.25, 0.3) is 0 Å². The molecular formula is C23H26N2O6. The number of ether oxygens (including phenoxy) is 3. The van der Waals surface area contributed by atoms with E-state index in [-0.39, 0.29) is 17.7 Å². The minimum atomic E-state index is -0.747. The van der Waals surface area contributed by atoms with E-state index in [4.69, 9.17) is 14.2 Å². The number of imide groups is 1. The van der Waals surface area contributed by atoms with Gasteiger partial charge in [0.1, 0.15) is 5.75 Å². The number of anilines is 1. The van der Waals surface area contributed by atoms with Crippen molar-refractivity contribution >= 4 is 23.4 Å². The molecule has 164 valence electrons. The Balaban J connectivity index is 1.84. The molecule has 0 spiro atoms. The molecule has 3 amide bonds. The third kappa shape index (κ3) is 4.19. The van der Waals surface area contributed by atoms with Gasteiger partial charge in [-0.15, -0.1) is 0 Å². The van der Waals surface area contributed by atoms with Gasteiger partial charge in [0.2, 0.25) is 11.8 Å². The lowest BCUT2D eigenvalue weighted by atomic mass is 9.72. The molecule has 8 heteroatoms. The topological polar surface area (TPSA) is 103 Å². The third-order valence-corrected chi connectivity index (χ3v) is 5.72. The van der Waals surface area contributed by atoms with Crippen LogP contribution < -0.4 is 24.8 Å². The van der Waals surface area contributed by atoms with Crippen molar-refractivity contribution in [1.29, 1.82) is 0 Å². The molecule has 1 aliphatic rings. The first-order valence-electron chi connectivity index (χ1n) is 9.94. The van der Waals surface area contributed by atoms with Gasteiger partial charge < -0.3 is 19.5 Å². The van der Waals surface area contributed by atoms with Gasteiger partial charge in [-0.3, -0.25) is 19.7 Å². The largest absolute Gasteiger partial charge is 0.496 e. The molecule has 2 N–H and O–H groups in total. The molecule has 1 unspecified atom stereocenters. The summed E-state index contributed by atoms with van der Waals surface area (Å²) in [5.74, 6) is 0.304. The molecule has 0 bridgehead atoms. The van der Waals surface area contributed by atoms with Crippen LogP contribution in [0.3, 0.4) is 0 Å². The van der Waals surface area contributed by atoms with Gasteiger partial charge in [-0.25, -0.2) is 0 Å². The van der Waals surface area contributed by atoms with Gasteiger partial charge in [0.15, 0.2) is 11.5 Å². The molecule has 0 aromatic heterocycles. The molecule has 0 radical (unpaired) electrons. The van der Waals surface area contributed by atoms with E-state index >= 15 is 0 Å². The van der Waals surface area contributed by atoms with Crippen molar-refractivity contribution in [2.75, 3.05) is 26.6 Å². The highest BCUT2D eigenvalue weighted by Crippen LogP contribution is 2.37. The summed E-state index contributed by atoms with van der Waals surface area (Å²) >= 11 is 0. The molecule has 1 atom stereocenters. The fourth-order valence-electron chi connectivity index (χ4n) is 3.84. The Hall–Kier alpha value is -3.55. The van der Waals surface area contributed by atoms with Crippen molar-refractivity contribution in [3.05, 3.63) is 47.5 Å². The summed E-state index contributed by atoms with van der Waals surface area (Å²) in [6.45, 7) is 1.93. The molecule has 2 aromatic rings. The Labute approximate surface area is 180 Å². The highest BCUT2D eigenvalue weighted by Gasteiger charge is 2.42. The number of rotatable bonds is 7. The fourth-order valence-corrected chi connectivity index (χ4v) is 3.84. The minimum Gasteiger partial charge on any atom is -0.496 e. The molecule has 1 saturated heterocycles. The molecule has 1 aliphatic heterocycles. The quantitative estimate of drug-likeness (QED) is 0.660. The van der Waals surface area contributed by atoms with Crippen LogP contribution in [0.2, 0.25) is 0 Å². The summed E-state index contributed by atoms with van der Waals surface area (Å²) in [4.78, 5) is 37.0. The van der Waals surface area contributed by atoms with Crippen LogP contribution in [-0.2, 0) is 15.0 Å². The van der Waals surface area contributed by atoms with Gasteiger partial charge in [0.05, 0.1) is 32.3 Å². The van der Waals surface area contributed by atoms with E-state index in [1.54, 1.807) is 36.4 Å². The van der Waals surface area contributed by atoms with Crippen LogP contribution in [0.5, 0.6) is 17.2 Å². The molecule has 2 aromatic carbocycles. The summed E-state index contributed by atoms with van der Waals surface area (Å²) in [5, 5.41) is 5.27. The Morgan fingerprint density at radius 3 is 2.16 bits per heavy atom. The summed E-state index contributed by atoms with van der Waals surface area (Å²) in [6, 6.07) is 10.2. The van der Waals surface area contributed by atoms with Gasteiger partial charge in [0.25, 0.3) is 5.91 Å². The zero-order chi connectivity index (χ0) is 22.6. The van der Waals surface area contributed by atoms with Crippen molar-refractivity contribution in [1.82, 2.24) is 5.32 Å². The highest BCUT2D eigenvalue weighted by molar-refractivity contribution is 6.07. The lowest BCUT2D eigenvalue weighted by Crippen LogP contribution is -2.51. The average Bonchev–Trinajstić information content (AvgIpc) is 2.79. The minimum absolute atomic E-state index is 0.248. The van der Waals surface area contributed by atoms with Crippen LogP contribution in [-0.4, -0.2) is 39.1 Å². The number of piperidine rings is 1. The standard InChI is InChI=1S/C23H26N2O6/c1-5-23(11-10-20(26)25-22(23)28)14-6-8-15(9-7-14)24-21(27)16-12-18(30-3)19(31-4)13-17(16)29-2/h6-9,12-13H,5,10-11H2,1-4H3,(H,24,27)(H,25,26,28). The number of hydrogen-bond acceptors (Lipinski definition) is 6. The van der Waals surface area contributed by atoms with E-state index in [0.717, 1.165) is 5.56 Å². The number of methoxy groups -OCH3 is 3. The van der Waals surface area contributed by atoms with E-state index in [2.05, 4.69) is 10.6 Å². The molecular weight excluding hydrogens is 400 g/mol. The first-order chi connectivity index (χ1) is 14.9. The summed E-state index contributed by atoms with van der Waals surface area (Å²) < 4.78 is 15.9. The lowest BCUT2D eigenvalue weighted by Gasteiger charge is -2.35. The Bertz CT molecular complexity index is 1000. The van der Waals surface area contributed by atoms with E-state index in [0.29, 0.717) is 47.8 Å². The Morgan fingerprint density at radius 2 is 1.61 bits per heavy atom. The smallest absolute Gasteiger partial charge is 0.259 e. The molecule has 31 heavy (non-hydrogen) atoms. The van der Waals surface area contributed by atoms with Gasteiger partial charge in [-0.1, -0.05) is 19.1 Å². The van der Waals surface area contributed by atoms with E-state index in [1.165, 1.54) is 21.3 Å². The van der Waals surface area contributed by atoms with Crippen LogP contribution in [0.1, 0.15) is 42.1 Å². The first kappa shape index (κ1) is 22.1. The molecule has 0 saturated carbocycles. The predicted octanol–water partition coefficient (Wildman–Crippen LogP) is 3.05. The lowest BCUT2D eigenvalue weighted by molar-refractivity contribution is -0.138. The zero-order valence-corrected chi connectivity index (χ0v) is 18.0. The van der Waals surface area contributed by atoms with Gasteiger partial charge in [-0.2, -0.15) is 0 Å². The number of hydrogen-bond donors (Lipinski definition) is 2. The fraction of sp³-hybridized carbons (Fsp3) is 0.348. The van der Waals surface area contributed by atoms with Crippen molar-refractivity contribution < 1.29 is 28.6 Å². The van der Waals surface area contributed by atoms with E-state index < -0.39 is 5.41 Å². The van der Waals surface area contributed by atoms with E-state index in [1.807, 2.05) is 6.92 Å². The maximum atomic E-state index is 12.9. The Morgan fingerprint density at radius 1 is 1.00 bits per heavy atom. The molecule has 1 fully saturated rings. The van der Waals surface area contributed by atoms with Crippen LogP contribution >= 0.6 is 0 Å².